The van der Waals surface area contributed by atoms with E-state index >= 15 is 0 Å². The summed E-state index contributed by atoms with van der Waals surface area (Å²) in [4.78, 5) is 13.9. The fourth-order valence-corrected chi connectivity index (χ4v) is 1.34. The van der Waals surface area contributed by atoms with E-state index in [1.165, 1.54) is 0 Å². The van der Waals surface area contributed by atoms with Crippen LogP contribution < -0.4 is 5.73 Å². The normalized spacial score (nSPS) is 11.1. The highest BCUT2D eigenvalue weighted by Crippen LogP contribution is 2.14. The average Bonchev–Trinajstić information content (AvgIpc) is 2.01. The Morgan fingerprint density at radius 2 is 1.93 bits per heavy atom. The Hall–Kier alpha value is -0.640. The van der Waals surface area contributed by atoms with E-state index in [9.17, 15) is 4.79 Å². The number of carbonyl (C=O) groups excluding carboxylic acids is 1. The maximum Gasteiger partial charge on any atom is 0.222 e. The molecular weight excluding hydrogens is 196 g/mol. The molecule has 3 nitrogen and oxygen atoms in total. The van der Waals surface area contributed by atoms with Gasteiger partial charge in [0.2, 0.25) is 5.91 Å². The minimum Gasteiger partial charge on any atom is -0.393 e. The highest BCUT2D eigenvalue weighted by Gasteiger charge is 2.24. The Labute approximate surface area is 91.6 Å². The van der Waals surface area contributed by atoms with E-state index in [2.05, 4.69) is 0 Å². The SMILES string of the molecule is CCC(=O)N(CCC(N)=S)C(C)(C)C. The summed E-state index contributed by atoms with van der Waals surface area (Å²) in [6.07, 6.45) is 1.12. The number of amides is 1. The largest absolute Gasteiger partial charge is 0.393 e. The van der Waals surface area contributed by atoms with E-state index in [1.54, 1.807) is 0 Å². The molecule has 0 fully saturated rings. The molecule has 0 aliphatic carbocycles. The molecule has 82 valence electrons. The van der Waals surface area contributed by atoms with Gasteiger partial charge in [-0.25, -0.2) is 0 Å². The fourth-order valence-electron chi connectivity index (χ4n) is 1.25. The molecule has 0 spiro atoms. The first-order valence-corrected chi connectivity index (χ1v) is 5.28. The second kappa shape index (κ2) is 5.29. The van der Waals surface area contributed by atoms with Crippen LogP contribution in [0.1, 0.15) is 40.5 Å². The Bertz CT molecular complexity index is 221. The minimum atomic E-state index is -0.155. The molecule has 0 unspecified atom stereocenters. The lowest BCUT2D eigenvalue weighted by atomic mass is 10.0. The standard InChI is InChI=1S/C10H20N2OS/c1-5-9(13)12(10(2,3)4)7-6-8(11)14/h5-7H2,1-4H3,(H2,11,14). The molecular formula is C10H20N2OS. The Kier molecular flexibility index (Phi) is 5.05. The van der Waals surface area contributed by atoms with Crippen molar-refractivity contribution in [3.63, 3.8) is 0 Å². The summed E-state index contributed by atoms with van der Waals surface area (Å²) < 4.78 is 0. The summed E-state index contributed by atoms with van der Waals surface area (Å²) in [5.74, 6) is 0.147. The van der Waals surface area contributed by atoms with Crippen LogP contribution in [0.25, 0.3) is 0 Å². The summed E-state index contributed by atoms with van der Waals surface area (Å²) in [5, 5.41) is 0. The van der Waals surface area contributed by atoms with E-state index in [4.69, 9.17) is 18.0 Å². The lowest BCUT2D eigenvalue weighted by Gasteiger charge is -2.35. The monoisotopic (exact) mass is 216 g/mol. The number of rotatable bonds is 4. The van der Waals surface area contributed by atoms with E-state index in [1.807, 2.05) is 32.6 Å². The van der Waals surface area contributed by atoms with Crippen molar-refractivity contribution in [2.75, 3.05) is 6.54 Å². The van der Waals surface area contributed by atoms with E-state index in [-0.39, 0.29) is 11.4 Å². The molecule has 0 rings (SSSR count). The summed E-state index contributed by atoms with van der Waals surface area (Å²) in [6.45, 7) is 8.52. The van der Waals surface area contributed by atoms with Gasteiger partial charge in [0.15, 0.2) is 0 Å². The first-order valence-electron chi connectivity index (χ1n) is 4.87. The molecule has 0 aliphatic heterocycles. The van der Waals surface area contributed by atoms with Crippen LogP contribution in [0.15, 0.2) is 0 Å². The molecule has 14 heavy (non-hydrogen) atoms. The molecule has 1 amide bonds. The maximum absolute atomic E-state index is 11.6. The number of hydrogen-bond donors (Lipinski definition) is 1. The molecule has 0 bridgehead atoms. The van der Waals surface area contributed by atoms with Crippen molar-refractivity contribution in [1.29, 1.82) is 0 Å². The summed E-state index contributed by atoms with van der Waals surface area (Å²) in [6, 6.07) is 0. The zero-order valence-corrected chi connectivity index (χ0v) is 10.3. The van der Waals surface area contributed by atoms with Gasteiger partial charge in [-0.15, -0.1) is 0 Å². The topological polar surface area (TPSA) is 46.3 Å². The van der Waals surface area contributed by atoms with Gasteiger partial charge < -0.3 is 10.6 Å². The molecule has 0 heterocycles. The van der Waals surface area contributed by atoms with Crippen LogP contribution in [-0.4, -0.2) is 27.9 Å². The summed E-state index contributed by atoms with van der Waals surface area (Å²) in [5.41, 5.74) is 5.26. The number of thiocarbonyl (C=S) groups is 1. The minimum absolute atomic E-state index is 0.147. The number of carbonyl (C=O) groups is 1. The van der Waals surface area contributed by atoms with Crippen molar-refractivity contribution < 1.29 is 4.79 Å². The maximum atomic E-state index is 11.6. The average molecular weight is 216 g/mol. The van der Waals surface area contributed by atoms with Crippen LogP contribution in [0.5, 0.6) is 0 Å². The smallest absolute Gasteiger partial charge is 0.222 e. The Morgan fingerprint density at radius 3 is 2.21 bits per heavy atom. The predicted octanol–water partition coefficient (Wildman–Crippen LogP) is 1.70. The van der Waals surface area contributed by atoms with Crippen molar-refractivity contribution in [2.24, 2.45) is 5.73 Å². The van der Waals surface area contributed by atoms with Crippen molar-refractivity contribution in [3.8, 4) is 0 Å². The van der Waals surface area contributed by atoms with Gasteiger partial charge in [0.1, 0.15) is 0 Å². The van der Waals surface area contributed by atoms with Gasteiger partial charge in [0, 0.05) is 24.9 Å². The predicted molar refractivity (Wildman–Crippen MR) is 63.2 cm³/mol. The van der Waals surface area contributed by atoms with Crippen molar-refractivity contribution in [3.05, 3.63) is 0 Å². The lowest BCUT2D eigenvalue weighted by Crippen LogP contribution is -2.46. The van der Waals surface area contributed by atoms with Crippen LogP contribution in [-0.2, 0) is 4.79 Å². The second-order valence-electron chi connectivity index (χ2n) is 4.29. The third-order valence-electron chi connectivity index (χ3n) is 2.00. The lowest BCUT2D eigenvalue weighted by molar-refractivity contribution is -0.135. The van der Waals surface area contributed by atoms with Crippen molar-refractivity contribution in [2.45, 2.75) is 46.1 Å². The number of nitrogens with two attached hydrogens (primary N) is 1. The molecule has 0 atom stereocenters. The molecule has 4 heteroatoms. The van der Waals surface area contributed by atoms with Crippen LogP contribution in [0, 0.1) is 0 Å². The Balaban J connectivity index is 4.41. The number of nitrogens with zero attached hydrogens (tertiary/aromatic N) is 1. The quantitative estimate of drug-likeness (QED) is 0.728. The van der Waals surface area contributed by atoms with Crippen molar-refractivity contribution >= 4 is 23.1 Å². The molecule has 0 aromatic heterocycles. The van der Waals surface area contributed by atoms with Gasteiger partial charge in [-0.1, -0.05) is 19.1 Å². The molecule has 0 saturated carbocycles. The van der Waals surface area contributed by atoms with Crippen LogP contribution in [0.3, 0.4) is 0 Å². The molecule has 0 aromatic carbocycles. The van der Waals surface area contributed by atoms with Crippen LogP contribution >= 0.6 is 12.2 Å². The zero-order chi connectivity index (χ0) is 11.4. The first-order chi connectivity index (χ1) is 6.29. The zero-order valence-electron chi connectivity index (χ0n) is 9.46. The van der Waals surface area contributed by atoms with Gasteiger partial charge >= 0.3 is 0 Å². The second-order valence-corrected chi connectivity index (χ2v) is 4.81. The van der Waals surface area contributed by atoms with E-state index in [0.717, 1.165) is 0 Å². The highest BCUT2D eigenvalue weighted by atomic mass is 32.1. The highest BCUT2D eigenvalue weighted by molar-refractivity contribution is 7.80. The van der Waals surface area contributed by atoms with Crippen LogP contribution in [0.2, 0.25) is 0 Å². The fraction of sp³-hybridized carbons (Fsp3) is 0.800. The van der Waals surface area contributed by atoms with Gasteiger partial charge in [-0.05, 0) is 20.8 Å². The molecule has 0 saturated heterocycles. The van der Waals surface area contributed by atoms with E-state index in [0.29, 0.717) is 24.4 Å². The molecule has 0 radical (unpaired) electrons. The van der Waals surface area contributed by atoms with Crippen molar-refractivity contribution in [1.82, 2.24) is 4.90 Å². The van der Waals surface area contributed by atoms with Gasteiger partial charge in [-0.3, -0.25) is 4.79 Å². The summed E-state index contributed by atoms with van der Waals surface area (Å²) in [7, 11) is 0. The molecule has 0 aromatic rings. The Morgan fingerprint density at radius 1 is 1.43 bits per heavy atom. The van der Waals surface area contributed by atoms with Gasteiger partial charge in [-0.2, -0.15) is 0 Å². The van der Waals surface area contributed by atoms with Gasteiger partial charge in [0.05, 0.1) is 4.99 Å². The van der Waals surface area contributed by atoms with E-state index < -0.39 is 0 Å². The summed E-state index contributed by atoms with van der Waals surface area (Å²) >= 11 is 4.80. The third-order valence-corrected chi connectivity index (χ3v) is 2.20. The number of hydrogen-bond acceptors (Lipinski definition) is 2. The molecule has 2 N–H and O–H groups in total. The van der Waals surface area contributed by atoms with Crippen LogP contribution in [0.4, 0.5) is 0 Å². The third kappa shape index (κ3) is 4.56. The van der Waals surface area contributed by atoms with Gasteiger partial charge in [0.25, 0.3) is 0 Å². The first kappa shape index (κ1) is 13.4. The molecule has 0 aliphatic rings.